The molecule has 94 valence electrons. The van der Waals surface area contributed by atoms with Crippen molar-refractivity contribution < 1.29 is 4.79 Å². The van der Waals surface area contributed by atoms with Crippen LogP contribution in [0.15, 0.2) is 24.3 Å². The summed E-state index contributed by atoms with van der Waals surface area (Å²) in [7, 11) is 0. The third-order valence-corrected chi connectivity index (χ3v) is 3.48. The highest BCUT2D eigenvalue weighted by Gasteiger charge is 2.35. The van der Waals surface area contributed by atoms with Crippen molar-refractivity contribution in [3.63, 3.8) is 0 Å². The average Bonchev–Trinajstić information content (AvgIpc) is 2.81. The van der Waals surface area contributed by atoms with E-state index >= 15 is 0 Å². The Morgan fingerprint density at radius 3 is 2.61 bits per heavy atom. The second kappa shape index (κ2) is 5.28. The summed E-state index contributed by atoms with van der Waals surface area (Å²) in [6, 6.07) is 8.82. The van der Waals surface area contributed by atoms with Crippen LogP contribution in [-0.4, -0.2) is 11.6 Å². The first-order chi connectivity index (χ1) is 8.65. The molecule has 0 radical (unpaired) electrons. The lowest BCUT2D eigenvalue weighted by atomic mass is 10.0. The highest BCUT2D eigenvalue weighted by Crippen LogP contribution is 2.29. The molecule has 0 aliphatic heterocycles. The summed E-state index contributed by atoms with van der Waals surface area (Å²) in [4.78, 5) is 11.9. The first-order valence-corrected chi connectivity index (χ1v) is 6.28. The van der Waals surface area contributed by atoms with Crippen LogP contribution in [0.2, 0.25) is 5.02 Å². The van der Waals surface area contributed by atoms with E-state index in [1.165, 1.54) is 0 Å². The van der Waals surface area contributed by atoms with E-state index < -0.39 is 5.54 Å². The number of nitrogens with zero attached hydrogens (tertiary/aromatic N) is 1. The molecular weight excluding hydrogens is 250 g/mol. The molecule has 1 aliphatic rings. The standard InChI is InChI=1S/C13H14ClN3O/c14-10-5-1-2-6-11(10)16-12(18)17-13(9-15)7-3-4-8-13/h1-2,5-6H,3-4,7-8H2,(H2,16,17,18). The number of halogens is 1. The number of rotatable bonds is 2. The molecule has 0 bridgehead atoms. The number of hydrogen-bond donors (Lipinski definition) is 2. The van der Waals surface area contributed by atoms with Crippen molar-refractivity contribution in [2.24, 2.45) is 0 Å². The average molecular weight is 264 g/mol. The van der Waals surface area contributed by atoms with E-state index in [-0.39, 0.29) is 6.03 Å². The van der Waals surface area contributed by atoms with Gasteiger partial charge in [0.15, 0.2) is 0 Å². The minimum absolute atomic E-state index is 0.383. The van der Waals surface area contributed by atoms with Gasteiger partial charge in [-0.15, -0.1) is 0 Å². The van der Waals surface area contributed by atoms with Crippen molar-refractivity contribution in [1.82, 2.24) is 5.32 Å². The van der Waals surface area contributed by atoms with Gasteiger partial charge in [-0.3, -0.25) is 0 Å². The maximum atomic E-state index is 11.9. The molecule has 0 atom stereocenters. The number of amides is 2. The molecule has 1 aromatic rings. The maximum absolute atomic E-state index is 11.9. The molecule has 1 aromatic carbocycles. The molecule has 0 unspecified atom stereocenters. The normalized spacial score (nSPS) is 16.9. The smallest absolute Gasteiger partial charge is 0.319 e. The summed E-state index contributed by atoms with van der Waals surface area (Å²) in [6.07, 6.45) is 3.36. The molecule has 0 heterocycles. The first kappa shape index (κ1) is 12.7. The van der Waals surface area contributed by atoms with E-state index in [4.69, 9.17) is 16.9 Å². The van der Waals surface area contributed by atoms with Crippen molar-refractivity contribution in [2.45, 2.75) is 31.2 Å². The molecule has 0 aromatic heterocycles. The van der Waals surface area contributed by atoms with Crippen molar-refractivity contribution >= 4 is 23.3 Å². The highest BCUT2D eigenvalue weighted by atomic mass is 35.5. The van der Waals surface area contributed by atoms with Gasteiger partial charge in [0, 0.05) is 0 Å². The van der Waals surface area contributed by atoms with Crippen LogP contribution in [0.5, 0.6) is 0 Å². The summed E-state index contributed by atoms with van der Waals surface area (Å²) in [5, 5.41) is 15.1. The molecule has 0 spiro atoms. The summed E-state index contributed by atoms with van der Waals surface area (Å²) in [5.41, 5.74) is -0.173. The van der Waals surface area contributed by atoms with Crippen LogP contribution < -0.4 is 10.6 Å². The van der Waals surface area contributed by atoms with Gasteiger partial charge in [0.1, 0.15) is 5.54 Å². The minimum Gasteiger partial charge on any atom is -0.319 e. The van der Waals surface area contributed by atoms with Crippen LogP contribution in [0, 0.1) is 11.3 Å². The largest absolute Gasteiger partial charge is 0.320 e. The zero-order valence-electron chi connectivity index (χ0n) is 9.87. The molecule has 18 heavy (non-hydrogen) atoms. The van der Waals surface area contributed by atoms with Crippen molar-refractivity contribution in [3.05, 3.63) is 29.3 Å². The number of para-hydroxylation sites is 1. The van der Waals surface area contributed by atoms with Gasteiger partial charge in [0.25, 0.3) is 0 Å². The summed E-state index contributed by atoms with van der Waals surface area (Å²) >= 11 is 5.95. The fraction of sp³-hybridized carbons (Fsp3) is 0.385. The van der Waals surface area contributed by atoms with Crippen LogP contribution in [0.25, 0.3) is 0 Å². The van der Waals surface area contributed by atoms with Gasteiger partial charge in [0.2, 0.25) is 0 Å². The minimum atomic E-state index is -0.717. The monoisotopic (exact) mass is 263 g/mol. The van der Waals surface area contributed by atoms with Crippen molar-refractivity contribution in [1.29, 1.82) is 5.26 Å². The predicted molar refractivity (Wildman–Crippen MR) is 70.4 cm³/mol. The number of benzene rings is 1. The second-order valence-electron chi connectivity index (χ2n) is 4.46. The zero-order chi connectivity index (χ0) is 13.0. The highest BCUT2D eigenvalue weighted by molar-refractivity contribution is 6.33. The third-order valence-electron chi connectivity index (χ3n) is 3.15. The van der Waals surface area contributed by atoms with Gasteiger partial charge < -0.3 is 10.6 Å². The Morgan fingerprint density at radius 1 is 1.33 bits per heavy atom. The fourth-order valence-corrected chi connectivity index (χ4v) is 2.36. The van der Waals surface area contributed by atoms with E-state index in [0.717, 1.165) is 12.8 Å². The molecule has 2 rings (SSSR count). The molecule has 5 heteroatoms. The Hall–Kier alpha value is -1.73. The quantitative estimate of drug-likeness (QED) is 0.860. The van der Waals surface area contributed by atoms with Crippen LogP contribution >= 0.6 is 11.6 Å². The number of carbonyl (C=O) groups is 1. The molecule has 2 N–H and O–H groups in total. The number of anilines is 1. The fourth-order valence-electron chi connectivity index (χ4n) is 2.18. The Morgan fingerprint density at radius 2 is 2.00 bits per heavy atom. The number of urea groups is 1. The Balaban J connectivity index is 2.01. The van der Waals surface area contributed by atoms with Crippen LogP contribution in [0.3, 0.4) is 0 Å². The lowest BCUT2D eigenvalue weighted by Crippen LogP contribution is -2.47. The van der Waals surface area contributed by atoms with Gasteiger partial charge in [-0.2, -0.15) is 5.26 Å². The SMILES string of the molecule is N#CC1(NC(=O)Nc2ccccc2Cl)CCCC1. The lowest BCUT2D eigenvalue weighted by molar-refractivity contribution is 0.244. The molecule has 2 amide bonds. The van der Waals surface area contributed by atoms with E-state index in [1.54, 1.807) is 24.3 Å². The van der Waals surface area contributed by atoms with E-state index in [2.05, 4.69) is 16.7 Å². The third kappa shape index (κ3) is 2.74. The van der Waals surface area contributed by atoms with Gasteiger partial charge in [-0.1, -0.05) is 23.7 Å². The van der Waals surface area contributed by atoms with Gasteiger partial charge in [0.05, 0.1) is 16.8 Å². The topological polar surface area (TPSA) is 64.9 Å². The predicted octanol–water partition coefficient (Wildman–Crippen LogP) is 3.30. The van der Waals surface area contributed by atoms with Crippen molar-refractivity contribution in [2.75, 3.05) is 5.32 Å². The Bertz CT molecular complexity index is 489. The van der Waals surface area contributed by atoms with Gasteiger partial charge in [-0.05, 0) is 37.8 Å². The molecule has 4 nitrogen and oxygen atoms in total. The number of hydrogen-bond acceptors (Lipinski definition) is 2. The molecule has 1 saturated carbocycles. The van der Waals surface area contributed by atoms with Crippen LogP contribution in [-0.2, 0) is 0 Å². The van der Waals surface area contributed by atoms with E-state index in [9.17, 15) is 4.79 Å². The Labute approximate surface area is 111 Å². The molecular formula is C13H14ClN3O. The maximum Gasteiger partial charge on any atom is 0.320 e. The van der Waals surface area contributed by atoms with E-state index in [0.29, 0.717) is 23.6 Å². The Kier molecular flexibility index (Phi) is 3.73. The van der Waals surface area contributed by atoms with Gasteiger partial charge >= 0.3 is 6.03 Å². The number of nitrogens with one attached hydrogen (secondary N) is 2. The second-order valence-corrected chi connectivity index (χ2v) is 4.87. The van der Waals surface area contributed by atoms with Crippen LogP contribution in [0.4, 0.5) is 10.5 Å². The molecule has 0 saturated heterocycles. The number of carbonyl (C=O) groups excluding carboxylic acids is 1. The van der Waals surface area contributed by atoms with Crippen molar-refractivity contribution in [3.8, 4) is 6.07 Å². The van der Waals surface area contributed by atoms with Crippen LogP contribution in [0.1, 0.15) is 25.7 Å². The molecule has 1 fully saturated rings. The number of nitriles is 1. The van der Waals surface area contributed by atoms with Gasteiger partial charge in [-0.25, -0.2) is 4.79 Å². The lowest BCUT2D eigenvalue weighted by Gasteiger charge is -2.22. The summed E-state index contributed by atoms with van der Waals surface area (Å²) in [5.74, 6) is 0. The first-order valence-electron chi connectivity index (χ1n) is 5.90. The summed E-state index contributed by atoms with van der Waals surface area (Å²) < 4.78 is 0. The zero-order valence-corrected chi connectivity index (χ0v) is 10.6. The van der Waals surface area contributed by atoms with E-state index in [1.807, 2.05) is 0 Å². The molecule has 1 aliphatic carbocycles. The summed E-state index contributed by atoms with van der Waals surface area (Å²) in [6.45, 7) is 0.